The molecule has 0 spiro atoms. The highest BCUT2D eigenvalue weighted by atomic mass is 16.5. The van der Waals surface area contributed by atoms with E-state index in [4.69, 9.17) is 4.52 Å². The van der Waals surface area contributed by atoms with Crippen molar-refractivity contribution >= 4 is 0 Å². The number of nitrogens with zero attached hydrogens (tertiary/aromatic N) is 3. The predicted octanol–water partition coefficient (Wildman–Crippen LogP) is 2.46. The van der Waals surface area contributed by atoms with Gasteiger partial charge in [-0.05, 0) is 32.7 Å². The van der Waals surface area contributed by atoms with Crippen LogP contribution in [-0.4, -0.2) is 47.7 Å². The third-order valence-corrected chi connectivity index (χ3v) is 4.05. The number of hydrogen-bond acceptors (Lipinski definition) is 4. The van der Waals surface area contributed by atoms with Gasteiger partial charge in [-0.3, -0.25) is 4.90 Å². The molecule has 1 aromatic rings. The Morgan fingerprint density at radius 3 is 2.26 bits per heavy atom. The summed E-state index contributed by atoms with van der Waals surface area (Å²) < 4.78 is 5.24. The first-order valence-electron chi connectivity index (χ1n) is 7.42. The van der Waals surface area contributed by atoms with Crippen molar-refractivity contribution in [2.24, 2.45) is 5.92 Å². The molecular weight excluding hydrogens is 238 g/mol. The van der Waals surface area contributed by atoms with Gasteiger partial charge in [-0.15, -0.1) is 0 Å². The molecule has 0 saturated carbocycles. The molecule has 0 amide bonds. The summed E-state index contributed by atoms with van der Waals surface area (Å²) in [6.45, 7) is 15.6. The molecule has 108 valence electrons. The molecule has 1 aromatic heterocycles. The lowest BCUT2D eigenvalue weighted by molar-refractivity contribution is 0.122. The molecule has 2 heterocycles. The van der Waals surface area contributed by atoms with Crippen LogP contribution in [0.2, 0.25) is 0 Å². The average molecular weight is 265 g/mol. The quantitative estimate of drug-likeness (QED) is 0.818. The zero-order chi connectivity index (χ0) is 13.8. The van der Waals surface area contributed by atoms with Crippen molar-refractivity contribution in [3.63, 3.8) is 0 Å². The van der Waals surface area contributed by atoms with Crippen molar-refractivity contribution < 1.29 is 4.52 Å². The van der Waals surface area contributed by atoms with E-state index in [0.717, 1.165) is 37.0 Å². The summed E-state index contributed by atoms with van der Waals surface area (Å²) in [4.78, 5) is 5.10. The molecule has 0 radical (unpaired) electrons. The van der Waals surface area contributed by atoms with E-state index in [1.165, 1.54) is 31.6 Å². The van der Waals surface area contributed by atoms with Gasteiger partial charge in [0.2, 0.25) is 0 Å². The molecule has 1 saturated heterocycles. The Labute approximate surface area is 116 Å². The van der Waals surface area contributed by atoms with Crippen LogP contribution in [0, 0.1) is 19.8 Å². The summed E-state index contributed by atoms with van der Waals surface area (Å²) >= 11 is 0. The Kier molecular flexibility index (Phi) is 4.99. The van der Waals surface area contributed by atoms with Crippen molar-refractivity contribution in [3.8, 4) is 0 Å². The molecule has 0 N–H and O–H groups in total. The van der Waals surface area contributed by atoms with Crippen LogP contribution in [-0.2, 0) is 6.54 Å². The van der Waals surface area contributed by atoms with Crippen molar-refractivity contribution in [2.75, 3.05) is 32.7 Å². The molecule has 1 aliphatic heterocycles. The zero-order valence-corrected chi connectivity index (χ0v) is 12.8. The first kappa shape index (κ1) is 14.5. The number of hydrogen-bond donors (Lipinski definition) is 0. The number of rotatable bonds is 5. The number of piperazine rings is 1. The van der Waals surface area contributed by atoms with Gasteiger partial charge in [-0.1, -0.05) is 19.0 Å². The Balaban J connectivity index is 1.77. The Morgan fingerprint density at radius 2 is 1.74 bits per heavy atom. The number of aromatic nitrogens is 1. The van der Waals surface area contributed by atoms with E-state index < -0.39 is 0 Å². The molecule has 4 nitrogen and oxygen atoms in total. The first-order chi connectivity index (χ1) is 9.06. The van der Waals surface area contributed by atoms with Gasteiger partial charge < -0.3 is 9.42 Å². The van der Waals surface area contributed by atoms with Crippen LogP contribution in [0.3, 0.4) is 0 Å². The standard InChI is InChI=1S/C15H27N3O/c1-12(2)5-6-17-7-9-18(10-8-17)11-15-13(3)16-19-14(15)4/h12H,5-11H2,1-4H3. The van der Waals surface area contributed by atoms with Crippen LogP contribution >= 0.6 is 0 Å². The smallest absolute Gasteiger partial charge is 0.138 e. The third-order valence-electron chi connectivity index (χ3n) is 4.05. The molecule has 1 fully saturated rings. The molecule has 19 heavy (non-hydrogen) atoms. The Morgan fingerprint density at radius 1 is 1.11 bits per heavy atom. The molecule has 1 aliphatic rings. The second-order valence-corrected chi connectivity index (χ2v) is 6.10. The highest BCUT2D eigenvalue weighted by molar-refractivity contribution is 5.20. The predicted molar refractivity (Wildman–Crippen MR) is 77.1 cm³/mol. The Bertz CT molecular complexity index is 373. The van der Waals surface area contributed by atoms with Gasteiger partial charge >= 0.3 is 0 Å². The van der Waals surface area contributed by atoms with E-state index in [-0.39, 0.29) is 0 Å². The maximum absolute atomic E-state index is 5.24. The molecule has 0 aromatic carbocycles. The highest BCUT2D eigenvalue weighted by Crippen LogP contribution is 2.16. The lowest BCUT2D eigenvalue weighted by atomic mass is 10.1. The molecule has 0 bridgehead atoms. The van der Waals surface area contributed by atoms with Gasteiger partial charge in [0.05, 0.1) is 5.69 Å². The van der Waals surface area contributed by atoms with Crippen molar-refractivity contribution in [1.29, 1.82) is 0 Å². The van der Waals surface area contributed by atoms with Crippen molar-refractivity contribution in [1.82, 2.24) is 15.0 Å². The minimum atomic E-state index is 0.806. The number of aryl methyl sites for hydroxylation is 2. The summed E-state index contributed by atoms with van der Waals surface area (Å²) in [6, 6.07) is 0. The van der Waals surface area contributed by atoms with Gasteiger partial charge in [0.1, 0.15) is 5.76 Å². The molecule has 4 heteroatoms. The van der Waals surface area contributed by atoms with Gasteiger partial charge in [0.15, 0.2) is 0 Å². The van der Waals surface area contributed by atoms with Gasteiger partial charge in [-0.25, -0.2) is 0 Å². The molecular formula is C15H27N3O. The molecule has 0 unspecified atom stereocenters. The zero-order valence-electron chi connectivity index (χ0n) is 12.8. The van der Waals surface area contributed by atoms with Crippen LogP contribution in [0.4, 0.5) is 0 Å². The van der Waals surface area contributed by atoms with Crippen LogP contribution < -0.4 is 0 Å². The topological polar surface area (TPSA) is 32.5 Å². The van der Waals surface area contributed by atoms with Crippen LogP contribution in [0.15, 0.2) is 4.52 Å². The normalized spacial score (nSPS) is 18.4. The maximum atomic E-state index is 5.24. The summed E-state index contributed by atoms with van der Waals surface area (Å²) in [6.07, 6.45) is 1.31. The monoisotopic (exact) mass is 265 g/mol. The summed E-state index contributed by atoms with van der Waals surface area (Å²) in [7, 11) is 0. The van der Waals surface area contributed by atoms with Crippen LogP contribution in [0.1, 0.15) is 37.3 Å². The van der Waals surface area contributed by atoms with Gasteiger partial charge in [0, 0.05) is 38.3 Å². The van der Waals surface area contributed by atoms with E-state index in [2.05, 4.69) is 28.8 Å². The second kappa shape index (κ2) is 6.53. The average Bonchev–Trinajstić information content (AvgIpc) is 2.70. The fourth-order valence-corrected chi connectivity index (χ4v) is 2.56. The SMILES string of the molecule is Cc1noc(C)c1CN1CCN(CCC(C)C)CC1. The van der Waals surface area contributed by atoms with E-state index in [9.17, 15) is 0 Å². The van der Waals surface area contributed by atoms with Crippen molar-refractivity contribution in [2.45, 2.75) is 40.7 Å². The highest BCUT2D eigenvalue weighted by Gasteiger charge is 2.19. The fraction of sp³-hybridized carbons (Fsp3) is 0.800. The van der Waals surface area contributed by atoms with Crippen LogP contribution in [0.5, 0.6) is 0 Å². The first-order valence-corrected chi connectivity index (χ1v) is 7.42. The lowest BCUT2D eigenvalue weighted by Gasteiger charge is -2.34. The summed E-state index contributed by atoms with van der Waals surface area (Å²) in [5.41, 5.74) is 2.32. The fourth-order valence-electron chi connectivity index (χ4n) is 2.56. The largest absolute Gasteiger partial charge is 0.361 e. The van der Waals surface area contributed by atoms with E-state index in [1.54, 1.807) is 0 Å². The second-order valence-electron chi connectivity index (χ2n) is 6.10. The van der Waals surface area contributed by atoms with E-state index in [0.29, 0.717) is 0 Å². The van der Waals surface area contributed by atoms with Crippen LogP contribution in [0.25, 0.3) is 0 Å². The Hall–Kier alpha value is -0.870. The third kappa shape index (κ3) is 4.05. The summed E-state index contributed by atoms with van der Waals surface area (Å²) in [5.74, 6) is 1.78. The minimum absolute atomic E-state index is 0.806. The maximum Gasteiger partial charge on any atom is 0.138 e. The van der Waals surface area contributed by atoms with Gasteiger partial charge in [0.25, 0.3) is 0 Å². The van der Waals surface area contributed by atoms with E-state index in [1.807, 2.05) is 13.8 Å². The lowest BCUT2D eigenvalue weighted by Crippen LogP contribution is -2.46. The van der Waals surface area contributed by atoms with Crippen molar-refractivity contribution in [3.05, 3.63) is 17.0 Å². The molecule has 0 atom stereocenters. The summed E-state index contributed by atoms with van der Waals surface area (Å²) in [5, 5.41) is 4.03. The van der Waals surface area contributed by atoms with Gasteiger partial charge in [-0.2, -0.15) is 0 Å². The molecule has 0 aliphatic carbocycles. The van der Waals surface area contributed by atoms with E-state index >= 15 is 0 Å². The molecule has 2 rings (SSSR count). The minimum Gasteiger partial charge on any atom is -0.361 e.